The van der Waals surface area contributed by atoms with Gasteiger partial charge in [-0.25, -0.2) is 0 Å². The van der Waals surface area contributed by atoms with Crippen LogP contribution in [0.15, 0.2) is 0 Å². The Kier molecular flexibility index (Phi) is 19.3. The number of hydrogen-bond acceptors (Lipinski definition) is 2. The summed E-state index contributed by atoms with van der Waals surface area (Å²) >= 11 is -0.346. The van der Waals surface area contributed by atoms with Crippen LogP contribution in [0.1, 0.15) is 26.2 Å². The summed E-state index contributed by atoms with van der Waals surface area (Å²) in [5.41, 5.74) is 0. The fraction of sp³-hybridized carbons (Fsp3) is 0.846. The summed E-state index contributed by atoms with van der Waals surface area (Å²) in [5, 5.41) is 6.01. The molecular weight excluding hydrogens is 356 g/mol. The third-order valence-corrected chi connectivity index (χ3v) is 3.07. The second-order valence-electron chi connectivity index (χ2n) is 4.59. The predicted molar refractivity (Wildman–Crippen MR) is 80.3 cm³/mol. The quantitative estimate of drug-likeness (QED) is 0.440. The average Bonchev–Trinajstić information content (AvgIpc) is 2.75. The summed E-state index contributed by atoms with van der Waals surface area (Å²) < 4.78 is 0. The minimum absolute atomic E-state index is 0.346. The molecule has 0 bridgehead atoms. The Balaban J connectivity index is 0. The van der Waals surface area contributed by atoms with Gasteiger partial charge in [-0.05, 0) is 14.1 Å². The molecule has 114 valence electrons. The second kappa shape index (κ2) is 16.2. The van der Waals surface area contributed by atoms with Gasteiger partial charge >= 0.3 is 34.5 Å². The van der Waals surface area contributed by atoms with E-state index in [9.17, 15) is 0 Å². The summed E-state index contributed by atoms with van der Waals surface area (Å²) in [6, 6.07) is 0. The van der Waals surface area contributed by atoms with E-state index in [0.717, 1.165) is 19.0 Å². The van der Waals surface area contributed by atoms with Crippen LogP contribution in [0.25, 0.3) is 0 Å². The van der Waals surface area contributed by atoms with Crippen molar-refractivity contribution >= 4 is 19.4 Å². The molecule has 2 nitrogen and oxygen atoms in total. The van der Waals surface area contributed by atoms with Gasteiger partial charge in [0.25, 0.3) is 0 Å². The van der Waals surface area contributed by atoms with E-state index in [2.05, 4.69) is 31.4 Å². The molecule has 0 aromatic heterocycles. The molecule has 18 heavy (non-hydrogen) atoms. The van der Waals surface area contributed by atoms with E-state index in [4.69, 9.17) is 19.4 Å². The standard InChI is InChI=1S/C9H16.C4H12N2.2ClH.Ru/c1-7(2)9-6-4-5-8(9)3;1-5-3-4-6-2;;;/h7-9H,1,3-6H2,2H3;5-6H,3-4H2,1-2H3;2*1H;/q-2;;;;+2/p-2/t7-,8?,9?;;;;/m1..../s1. The van der Waals surface area contributed by atoms with Crippen molar-refractivity contribution in [2.45, 2.75) is 26.2 Å². The molecule has 2 N–H and O–H groups in total. The molecule has 0 spiro atoms. The van der Waals surface area contributed by atoms with E-state index < -0.39 is 0 Å². The minimum atomic E-state index is -0.346. The molecule has 1 saturated carbocycles. The maximum atomic E-state index is 4.85. The third kappa shape index (κ3) is 13.6. The first-order chi connectivity index (χ1) is 8.54. The van der Waals surface area contributed by atoms with Crippen molar-refractivity contribution in [2.24, 2.45) is 17.8 Å². The Morgan fingerprint density at radius 2 is 1.67 bits per heavy atom. The molecule has 0 aliphatic heterocycles. The van der Waals surface area contributed by atoms with Crippen molar-refractivity contribution in [2.75, 3.05) is 27.2 Å². The van der Waals surface area contributed by atoms with Gasteiger partial charge in [-0.3, -0.25) is 0 Å². The molecule has 0 amide bonds. The van der Waals surface area contributed by atoms with Crippen LogP contribution in [0.2, 0.25) is 0 Å². The van der Waals surface area contributed by atoms with Gasteiger partial charge in [0, 0.05) is 13.1 Å². The van der Waals surface area contributed by atoms with Gasteiger partial charge in [-0.15, -0.1) is 0 Å². The molecule has 3 atom stereocenters. The van der Waals surface area contributed by atoms with Crippen LogP contribution < -0.4 is 10.6 Å². The molecule has 0 aromatic rings. The molecule has 0 aromatic carbocycles. The summed E-state index contributed by atoms with van der Waals surface area (Å²) in [4.78, 5) is 0. The van der Waals surface area contributed by atoms with Gasteiger partial charge in [-0.1, -0.05) is 32.1 Å². The first kappa shape index (κ1) is 21.4. The Morgan fingerprint density at radius 1 is 1.22 bits per heavy atom. The van der Waals surface area contributed by atoms with Crippen LogP contribution in [-0.2, 0) is 15.1 Å². The van der Waals surface area contributed by atoms with Crippen molar-refractivity contribution in [1.82, 2.24) is 10.6 Å². The van der Waals surface area contributed by atoms with Crippen molar-refractivity contribution in [3.05, 3.63) is 13.8 Å². The zero-order valence-corrected chi connectivity index (χ0v) is 15.0. The fourth-order valence-electron chi connectivity index (χ4n) is 2.06. The number of hydrogen-bond donors (Lipinski definition) is 2. The van der Waals surface area contributed by atoms with Crippen molar-refractivity contribution in [1.29, 1.82) is 0 Å². The zero-order chi connectivity index (χ0) is 14.4. The van der Waals surface area contributed by atoms with E-state index in [1.165, 1.54) is 19.3 Å². The summed E-state index contributed by atoms with van der Waals surface area (Å²) in [7, 11) is 13.6. The summed E-state index contributed by atoms with van der Waals surface area (Å²) in [6.07, 6.45) is 4.06. The summed E-state index contributed by atoms with van der Waals surface area (Å²) in [5.74, 6) is 2.11. The fourth-order valence-corrected chi connectivity index (χ4v) is 2.06. The van der Waals surface area contributed by atoms with E-state index in [1.54, 1.807) is 0 Å². The van der Waals surface area contributed by atoms with Crippen LogP contribution in [0.3, 0.4) is 0 Å². The molecule has 1 aliphatic rings. The van der Waals surface area contributed by atoms with E-state index in [-0.39, 0.29) is 15.1 Å². The Bertz CT molecular complexity index is 156. The van der Waals surface area contributed by atoms with E-state index in [0.29, 0.717) is 11.8 Å². The zero-order valence-electron chi connectivity index (χ0n) is 11.8. The third-order valence-electron chi connectivity index (χ3n) is 3.07. The van der Waals surface area contributed by atoms with Crippen LogP contribution in [-0.4, -0.2) is 27.2 Å². The SMILES string of the molecule is CNCCNC.[CH2-]C1CCCC1[C@H]([CH2-])C.[Cl][Ru][Cl]. The van der Waals surface area contributed by atoms with Crippen molar-refractivity contribution in [3.8, 4) is 0 Å². The van der Waals surface area contributed by atoms with Crippen molar-refractivity contribution in [3.63, 3.8) is 0 Å². The molecular formula is C13H28Cl2N2Ru-2. The topological polar surface area (TPSA) is 24.1 Å². The number of rotatable bonds is 4. The second-order valence-corrected chi connectivity index (χ2v) is 7.23. The Hall–Kier alpha value is 1.12. The van der Waals surface area contributed by atoms with Crippen LogP contribution in [0.5, 0.6) is 0 Å². The Labute approximate surface area is 130 Å². The molecule has 0 heterocycles. The molecule has 1 aliphatic carbocycles. The van der Waals surface area contributed by atoms with E-state index >= 15 is 0 Å². The van der Waals surface area contributed by atoms with Gasteiger partial charge in [0.15, 0.2) is 0 Å². The van der Waals surface area contributed by atoms with Gasteiger partial charge in [0.2, 0.25) is 0 Å². The van der Waals surface area contributed by atoms with Gasteiger partial charge < -0.3 is 24.5 Å². The first-order valence-corrected chi connectivity index (χ1v) is 10.8. The first-order valence-electron chi connectivity index (χ1n) is 6.35. The average molecular weight is 384 g/mol. The van der Waals surface area contributed by atoms with Crippen LogP contribution in [0.4, 0.5) is 0 Å². The molecule has 0 radical (unpaired) electrons. The monoisotopic (exact) mass is 384 g/mol. The van der Waals surface area contributed by atoms with Crippen LogP contribution in [0, 0.1) is 31.6 Å². The molecule has 2 unspecified atom stereocenters. The maximum absolute atomic E-state index is 4.85. The Morgan fingerprint density at radius 3 is 1.83 bits per heavy atom. The molecule has 1 rings (SSSR count). The number of nitrogens with one attached hydrogen (secondary N) is 2. The molecule has 1 fully saturated rings. The normalized spacial score (nSPS) is 23.7. The predicted octanol–water partition coefficient (Wildman–Crippen LogP) is 3.51. The van der Waals surface area contributed by atoms with Crippen LogP contribution >= 0.6 is 19.4 Å². The molecule has 5 heteroatoms. The van der Waals surface area contributed by atoms with E-state index in [1.807, 2.05) is 14.1 Å². The summed E-state index contributed by atoms with van der Waals surface area (Å²) in [6.45, 7) is 12.4. The number of likely N-dealkylation sites (N-methyl/N-ethyl adjacent to an activating group) is 2. The molecule has 0 saturated heterocycles. The van der Waals surface area contributed by atoms with Gasteiger partial charge in [0.1, 0.15) is 0 Å². The van der Waals surface area contributed by atoms with Crippen molar-refractivity contribution < 1.29 is 15.1 Å². The number of halogens is 2. The van der Waals surface area contributed by atoms with Gasteiger partial charge in [0.05, 0.1) is 0 Å². The van der Waals surface area contributed by atoms with Gasteiger partial charge in [-0.2, -0.15) is 11.8 Å².